The van der Waals surface area contributed by atoms with E-state index in [1.807, 2.05) is 0 Å². The molecule has 15 heavy (non-hydrogen) atoms. The molecule has 0 aliphatic carbocycles. The van der Waals surface area contributed by atoms with Crippen LogP contribution in [0.2, 0.25) is 0 Å². The fourth-order valence-electron chi connectivity index (χ4n) is 1.15. The van der Waals surface area contributed by atoms with Gasteiger partial charge >= 0.3 is 5.97 Å². The van der Waals surface area contributed by atoms with Crippen molar-refractivity contribution in [3.63, 3.8) is 0 Å². The predicted molar refractivity (Wildman–Crippen MR) is 54.9 cm³/mol. The summed E-state index contributed by atoms with van der Waals surface area (Å²) in [6.07, 6.45) is -0.366. The Morgan fingerprint density at radius 2 is 2.20 bits per heavy atom. The molecule has 4 nitrogen and oxygen atoms in total. The highest BCUT2D eigenvalue weighted by Crippen LogP contribution is 2.30. The number of aromatic hydroxyl groups is 1. The molecule has 0 amide bonds. The molecule has 1 aromatic rings. The lowest BCUT2D eigenvalue weighted by atomic mass is 10.0. The number of hydrogen-bond donors (Lipinski definition) is 3. The van der Waals surface area contributed by atoms with Crippen LogP contribution in [0.5, 0.6) is 5.75 Å². The Bertz CT molecular complexity index is 397. The standard InChI is InChI=1S/C9H9BrFNO3/c10-5-2-8(13)4(1-6(5)11)7(12)3-9(14)15/h1-2,7,13H,3,12H2,(H,14,15). The Balaban J connectivity index is 3.03. The lowest BCUT2D eigenvalue weighted by molar-refractivity contribution is -0.137. The molecular formula is C9H9BrFNO3. The van der Waals surface area contributed by atoms with Crippen LogP contribution in [-0.4, -0.2) is 16.2 Å². The van der Waals surface area contributed by atoms with Crippen molar-refractivity contribution in [1.82, 2.24) is 0 Å². The summed E-state index contributed by atoms with van der Waals surface area (Å²) in [5.74, 6) is -1.93. The highest BCUT2D eigenvalue weighted by atomic mass is 79.9. The molecule has 82 valence electrons. The first-order chi connectivity index (χ1) is 6.91. The van der Waals surface area contributed by atoms with Crippen LogP contribution in [0.3, 0.4) is 0 Å². The molecule has 1 atom stereocenters. The minimum Gasteiger partial charge on any atom is -0.508 e. The van der Waals surface area contributed by atoms with Gasteiger partial charge in [-0.2, -0.15) is 0 Å². The van der Waals surface area contributed by atoms with Crippen molar-refractivity contribution in [1.29, 1.82) is 0 Å². The number of carbonyl (C=O) groups is 1. The van der Waals surface area contributed by atoms with Crippen molar-refractivity contribution >= 4 is 21.9 Å². The zero-order valence-corrected chi connectivity index (χ0v) is 9.16. The van der Waals surface area contributed by atoms with Gasteiger partial charge in [0.1, 0.15) is 11.6 Å². The second-order valence-corrected chi connectivity index (χ2v) is 3.88. The van der Waals surface area contributed by atoms with Gasteiger partial charge in [-0.25, -0.2) is 4.39 Å². The first-order valence-electron chi connectivity index (χ1n) is 4.07. The van der Waals surface area contributed by atoms with Gasteiger partial charge in [0.25, 0.3) is 0 Å². The van der Waals surface area contributed by atoms with Crippen LogP contribution in [0.25, 0.3) is 0 Å². The largest absolute Gasteiger partial charge is 0.508 e. The van der Waals surface area contributed by atoms with E-state index in [1.54, 1.807) is 0 Å². The molecule has 4 N–H and O–H groups in total. The number of benzene rings is 1. The number of nitrogens with two attached hydrogens (primary N) is 1. The summed E-state index contributed by atoms with van der Waals surface area (Å²) < 4.78 is 13.2. The van der Waals surface area contributed by atoms with Crippen molar-refractivity contribution < 1.29 is 19.4 Å². The van der Waals surface area contributed by atoms with Gasteiger partial charge in [-0.05, 0) is 28.1 Å². The maximum Gasteiger partial charge on any atom is 0.305 e. The Morgan fingerprint density at radius 1 is 1.60 bits per heavy atom. The molecule has 0 aliphatic rings. The van der Waals surface area contributed by atoms with E-state index in [-0.39, 0.29) is 22.2 Å². The van der Waals surface area contributed by atoms with Crippen LogP contribution in [0.15, 0.2) is 16.6 Å². The molecule has 0 radical (unpaired) electrons. The zero-order valence-electron chi connectivity index (χ0n) is 7.58. The Labute approximate surface area is 93.6 Å². The third-order valence-corrected chi connectivity index (χ3v) is 2.47. The molecule has 0 saturated carbocycles. The number of phenols is 1. The zero-order chi connectivity index (χ0) is 11.6. The molecule has 0 spiro atoms. The van der Waals surface area contributed by atoms with Gasteiger partial charge < -0.3 is 15.9 Å². The third kappa shape index (κ3) is 2.90. The quantitative estimate of drug-likeness (QED) is 0.786. The van der Waals surface area contributed by atoms with Crippen LogP contribution >= 0.6 is 15.9 Å². The maximum absolute atomic E-state index is 13.1. The van der Waals surface area contributed by atoms with E-state index >= 15 is 0 Å². The van der Waals surface area contributed by atoms with Gasteiger partial charge in [0.15, 0.2) is 0 Å². The Kier molecular flexibility index (Phi) is 3.65. The van der Waals surface area contributed by atoms with Gasteiger partial charge in [-0.1, -0.05) is 0 Å². The van der Waals surface area contributed by atoms with Gasteiger partial charge in [0.05, 0.1) is 10.9 Å². The number of carboxylic acid groups (broad SMARTS) is 1. The average Bonchev–Trinajstić information content (AvgIpc) is 2.09. The summed E-state index contributed by atoms with van der Waals surface area (Å²) >= 11 is 2.89. The molecule has 0 aromatic heterocycles. The van der Waals surface area contributed by atoms with Gasteiger partial charge in [-0.15, -0.1) is 0 Å². The van der Waals surface area contributed by atoms with Crippen LogP contribution in [0.1, 0.15) is 18.0 Å². The lowest BCUT2D eigenvalue weighted by Gasteiger charge is -2.11. The molecule has 1 rings (SSSR count). The van der Waals surface area contributed by atoms with E-state index in [0.29, 0.717) is 0 Å². The Morgan fingerprint density at radius 3 is 2.73 bits per heavy atom. The number of aliphatic carboxylic acids is 1. The summed E-state index contributed by atoms with van der Waals surface area (Å²) in [6, 6.07) is 1.24. The van der Waals surface area contributed by atoms with E-state index in [1.165, 1.54) is 0 Å². The van der Waals surface area contributed by atoms with Crippen LogP contribution < -0.4 is 5.73 Å². The minimum absolute atomic E-state index is 0.0816. The summed E-state index contributed by atoms with van der Waals surface area (Å²) in [6.45, 7) is 0. The highest BCUT2D eigenvalue weighted by molar-refractivity contribution is 9.10. The Hall–Kier alpha value is -1.14. The molecule has 0 bridgehead atoms. The number of rotatable bonds is 3. The van der Waals surface area contributed by atoms with E-state index in [2.05, 4.69) is 15.9 Å². The summed E-state index contributed by atoms with van der Waals surface area (Å²) in [4.78, 5) is 10.4. The number of hydrogen-bond acceptors (Lipinski definition) is 3. The van der Waals surface area contributed by atoms with Gasteiger partial charge in [-0.3, -0.25) is 4.79 Å². The first kappa shape index (κ1) is 11.9. The van der Waals surface area contributed by atoms with Crippen molar-refractivity contribution in [2.45, 2.75) is 12.5 Å². The van der Waals surface area contributed by atoms with Crippen LogP contribution in [0, 0.1) is 5.82 Å². The lowest BCUT2D eigenvalue weighted by Crippen LogP contribution is -2.15. The second-order valence-electron chi connectivity index (χ2n) is 3.03. The van der Waals surface area contributed by atoms with Crippen LogP contribution in [0.4, 0.5) is 4.39 Å². The fourth-order valence-corrected chi connectivity index (χ4v) is 1.48. The minimum atomic E-state index is -1.11. The number of carboxylic acids is 1. The SMILES string of the molecule is NC(CC(=O)O)c1cc(F)c(Br)cc1O. The van der Waals surface area contributed by atoms with Crippen molar-refractivity contribution in [3.8, 4) is 5.75 Å². The summed E-state index contributed by atoms with van der Waals surface area (Å²) in [5.41, 5.74) is 5.57. The smallest absolute Gasteiger partial charge is 0.305 e. The molecule has 0 fully saturated rings. The summed E-state index contributed by atoms with van der Waals surface area (Å²) in [7, 11) is 0. The topological polar surface area (TPSA) is 83.6 Å². The van der Waals surface area contributed by atoms with Gasteiger partial charge in [0, 0.05) is 11.6 Å². The van der Waals surface area contributed by atoms with Crippen LogP contribution in [-0.2, 0) is 4.79 Å². The number of halogens is 2. The second kappa shape index (κ2) is 4.59. The first-order valence-corrected chi connectivity index (χ1v) is 4.86. The normalized spacial score (nSPS) is 12.5. The fraction of sp³-hybridized carbons (Fsp3) is 0.222. The van der Waals surface area contributed by atoms with E-state index in [0.717, 1.165) is 12.1 Å². The maximum atomic E-state index is 13.1. The van der Waals surface area contributed by atoms with E-state index < -0.39 is 17.8 Å². The van der Waals surface area contributed by atoms with Crippen molar-refractivity contribution in [3.05, 3.63) is 28.0 Å². The molecular weight excluding hydrogens is 269 g/mol. The molecule has 0 aliphatic heterocycles. The van der Waals surface area contributed by atoms with Crippen molar-refractivity contribution in [2.75, 3.05) is 0 Å². The molecule has 0 heterocycles. The monoisotopic (exact) mass is 277 g/mol. The van der Waals surface area contributed by atoms with Crippen molar-refractivity contribution in [2.24, 2.45) is 5.73 Å². The predicted octanol–water partition coefficient (Wildman–Crippen LogP) is 1.77. The average molecular weight is 278 g/mol. The van der Waals surface area contributed by atoms with Gasteiger partial charge in [0.2, 0.25) is 0 Å². The third-order valence-electron chi connectivity index (χ3n) is 1.86. The van der Waals surface area contributed by atoms with E-state index in [9.17, 15) is 14.3 Å². The summed E-state index contributed by atoms with van der Waals surface area (Å²) in [5, 5.41) is 17.9. The van der Waals surface area contributed by atoms with E-state index in [4.69, 9.17) is 10.8 Å². The number of phenolic OH excluding ortho intramolecular Hbond substituents is 1. The molecule has 6 heteroatoms. The molecule has 0 saturated heterocycles. The molecule has 1 unspecified atom stereocenters. The molecule has 1 aromatic carbocycles. The highest BCUT2D eigenvalue weighted by Gasteiger charge is 2.16.